The minimum Gasteiger partial charge on any atom is -0.479 e. The van der Waals surface area contributed by atoms with Crippen LogP contribution < -0.4 is 10.1 Å². The molecule has 7 nitrogen and oxygen atoms in total. The Hall–Kier alpha value is -3.84. The fourth-order valence-corrected chi connectivity index (χ4v) is 4.69. The molecule has 0 unspecified atom stereocenters. The maximum atomic E-state index is 13.1. The number of halogens is 1. The van der Waals surface area contributed by atoms with Crippen LogP contribution in [0.3, 0.4) is 0 Å². The summed E-state index contributed by atoms with van der Waals surface area (Å²) in [5, 5.41) is 12.7. The lowest BCUT2D eigenvalue weighted by Gasteiger charge is -2.20. The predicted molar refractivity (Wildman–Crippen MR) is 154 cm³/mol. The third-order valence-electron chi connectivity index (χ3n) is 6.76. The second kappa shape index (κ2) is 11.1. The van der Waals surface area contributed by atoms with E-state index in [0.29, 0.717) is 28.4 Å². The highest BCUT2D eigenvalue weighted by Gasteiger charge is 2.18. The summed E-state index contributed by atoms with van der Waals surface area (Å²) in [6.45, 7) is 12.3. The summed E-state index contributed by atoms with van der Waals surface area (Å²) in [7, 11) is 0. The number of aromatic nitrogens is 2. The van der Waals surface area contributed by atoms with Gasteiger partial charge in [0.25, 0.3) is 5.91 Å². The molecule has 0 aliphatic rings. The molecular formula is C31H34ClN3O4. The van der Waals surface area contributed by atoms with E-state index in [4.69, 9.17) is 21.4 Å². The van der Waals surface area contributed by atoms with Gasteiger partial charge in [-0.2, -0.15) is 0 Å². The van der Waals surface area contributed by atoms with E-state index < -0.39 is 12.1 Å². The highest BCUT2D eigenvalue weighted by molar-refractivity contribution is 6.30. The van der Waals surface area contributed by atoms with Gasteiger partial charge >= 0.3 is 5.97 Å². The molecule has 4 rings (SSSR count). The van der Waals surface area contributed by atoms with Gasteiger partial charge < -0.3 is 19.7 Å². The molecule has 0 bridgehead atoms. The fraction of sp³-hybridized carbons (Fsp3) is 0.323. The van der Waals surface area contributed by atoms with Crippen LogP contribution in [0.1, 0.15) is 73.5 Å². The lowest BCUT2D eigenvalue weighted by atomic mass is 9.86. The molecule has 0 fully saturated rings. The van der Waals surface area contributed by atoms with Gasteiger partial charge in [0, 0.05) is 17.1 Å². The van der Waals surface area contributed by atoms with Gasteiger partial charge in [-0.1, -0.05) is 56.6 Å². The highest BCUT2D eigenvalue weighted by atomic mass is 35.5. The van der Waals surface area contributed by atoms with Crippen molar-refractivity contribution in [1.82, 2.24) is 14.9 Å². The average molecular weight is 548 g/mol. The summed E-state index contributed by atoms with van der Waals surface area (Å²) in [6, 6.07) is 18.9. The van der Waals surface area contributed by atoms with E-state index in [1.807, 2.05) is 30.5 Å². The van der Waals surface area contributed by atoms with Crippen molar-refractivity contribution in [3.8, 4) is 5.75 Å². The van der Waals surface area contributed by atoms with E-state index in [1.165, 1.54) is 12.5 Å². The normalized spacial score (nSPS) is 13.2. The Morgan fingerprint density at radius 2 is 1.74 bits per heavy atom. The summed E-state index contributed by atoms with van der Waals surface area (Å²) in [5.74, 6) is -0.0619. The van der Waals surface area contributed by atoms with Gasteiger partial charge in [0.05, 0.1) is 17.1 Å². The van der Waals surface area contributed by atoms with Crippen LogP contribution in [0.4, 0.5) is 0 Å². The molecule has 0 spiro atoms. The number of carboxylic acids is 1. The Bertz CT molecular complexity index is 1520. The van der Waals surface area contributed by atoms with Gasteiger partial charge in [-0.25, -0.2) is 9.78 Å². The summed E-state index contributed by atoms with van der Waals surface area (Å²) >= 11 is 6.28. The number of aliphatic carboxylic acids is 1. The van der Waals surface area contributed by atoms with Crippen molar-refractivity contribution < 1.29 is 19.4 Å². The molecule has 204 valence electrons. The van der Waals surface area contributed by atoms with Gasteiger partial charge in [0.2, 0.25) is 0 Å². The van der Waals surface area contributed by atoms with Crippen molar-refractivity contribution in [2.45, 2.75) is 65.6 Å². The Labute approximate surface area is 233 Å². The summed E-state index contributed by atoms with van der Waals surface area (Å²) in [5.41, 5.74) is 5.32. The number of rotatable bonds is 8. The second-order valence-electron chi connectivity index (χ2n) is 10.9. The number of ether oxygens (including phenoxy) is 1. The first-order valence-electron chi connectivity index (χ1n) is 12.9. The molecule has 3 aromatic carbocycles. The van der Waals surface area contributed by atoms with Crippen molar-refractivity contribution >= 4 is 34.5 Å². The van der Waals surface area contributed by atoms with Crippen LogP contribution in [0.25, 0.3) is 11.0 Å². The van der Waals surface area contributed by atoms with Crippen molar-refractivity contribution in [2.24, 2.45) is 0 Å². The molecule has 2 atom stereocenters. The van der Waals surface area contributed by atoms with E-state index in [1.54, 1.807) is 24.3 Å². The molecule has 1 heterocycles. The molecule has 0 saturated carbocycles. The number of amides is 1. The Balaban J connectivity index is 1.52. The van der Waals surface area contributed by atoms with Crippen molar-refractivity contribution in [3.63, 3.8) is 0 Å². The van der Waals surface area contributed by atoms with E-state index in [0.717, 1.165) is 22.5 Å². The topological polar surface area (TPSA) is 93.5 Å². The monoisotopic (exact) mass is 547 g/mol. The molecule has 4 aromatic rings. The third kappa shape index (κ3) is 6.60. The zero-order valence-electron chi connectivity index (χ0n) is 23.1. The Morgan fingerprint density at radius 1 is 1.05 bits per heavy atom. The van der Waals surface area contributed by atoms with Gasteiger partial charge in [-0.15, -0.1) is 0 Å². The van der Waals surface area contributed by atoms with Crippen LogP contribution in [0.15, 0.2) is 60.7 Å². The first kappa shape index (κ1) is 28.2. The van der Waals surface area contributed by atoms with Crippen molar-refractivity contribution in [1.29, 1.82) is 0 Å². The van der Waals surface area contributed by atoms with Crippen LogP contribution in [-0.4, -0.2) is 32.6 Å². The van der Waals surface area contributed by atoms with Gasteiger partial charge in [0.15, 0.2) is 6.10 Å². The van der Waals surface area contributed by atoms with E-state index >= 15 is 0 Å². The van der Waals surface area contributed by atoms with E-state index in [9.17, 15) is 9.59 Å². The van der Waals surface area contributed by atoms with Gasteiger partial charge in [-0.05, 0) is 79.3 Å². The molecule has 8 heteroatoms. The molecule has 1 amide bonds. The molecule has 39 heavy (non-hydrogen) atoms. The minimum atomic E-state index is -1.05. The van der Waals surface area contributed by atoms with Gasteiger partial charge in [-0.3, -0.25) is 4.79 Å². The smallest absolute Gasteiger partial charge is 0.344 e. The molecule has 1 aromatic heterocycles. The van der Waals surface area contributed by atoms with E-state index in [2.05, 4.69) is 55.3 Å². The summed E-state index contributed by atoms with van der Waals surface area (Å²) in [6.07, 6.45) is -0.998. The molecule has 0 aliphatic carbocycles. The van der Waals surface area contributed by atoms with Crippen LogP contribution in [0.2, 0.25) is 5.02 Å². The number of hydrogen-bond donors (Lipinski definition) is 2. The number of fused-ring (bicyclic) bond motifs is 1. The average Bonchev–Trinajstić information content (AvgIpc) is 3.17. The number of carbonyl (C=O) groups is 2. The molecule has 2 N–H and O–H groups in total. The number of carbonyl (C=O) groups excluding carboxylic acids is 1. The summed E-state index contributed by atoms with van der Waals surface area (Å²) < 4.78 is 7.53. The first-order chi connectivity index (χ1) is 18.3. The van der Waals surface area contributed by atoms with Crippen molar-refractivity contribution in [2.75, 3.05) is 0 Å². The zero-order valence-corrected chi connectivity index (χ0v) is 23.8. The predicted octanol–water partition coefficient (Wildman–Crippen LogP) is 6.69. The minimum absolute atomic E-state index is 0.0731. The number of carboxylic acid groups (broad SMARTS) is 1. The van der Waals surface area contributed by atoms with Crippen molar-refractivity contribution in [3.05, 3.63) is 93.8 Å². The fourth-order valence-electron chi connectivity index (χ4n) is 4.44. The standard InChI is InChI=1S/C31H34ClN3O4/c1-18(22-7-10-24(11-8-22)31(4,5)6)33-29(36)23-9-12-28-27(15-23)34-20(3)35(28)17-21-13-25(32)16-26(14-21)39-19(2)30(37)38/h7-16,18-19H,17H2,1-6H3,(H,33,36)(H,37,38)/t18-,19+/m0/s1. The highest BCUT2D eigenvalue weighted by Crippen LogP contribution is 2.26. The quantitative estimate of drug-likeness (QED) is 0.256. The third-order valence-corrected chi connectivity index (χ3v) is 6.98. The first-order valence-corrected chi connectivity index (χ1v) is 13.3. The second-order valence-corrected chi connectivity index (χ2v) is 11.3. The number of benzene rings is 3. The molecule has 0 radical (unpaired) electrons. The maximum absolute atomic E-state index is 13.1. The number of nitrogens with zero attached hydrogens (tertiary/aromatic N) is 2. The largest absolute Gasteiger partial charge is 0.479 e. The number of nitrogens with one attached hydrogen (secondary N) is 1. The SMILES string of the molecule is Cc1nc2cc(C(=O)N[C@@H](C)c3ccc(C(C)(C)C)cc3)ccc2n1Cc1cc(Cl)cc(O[C@H](C)C(=O)O)c1. The lowest BCUT2D eigenvalue weighted by Crippen LogP contribution is -2.26. The lowest BCUT2D eigenvalue weighted by molar-refractivity contribution is -0.144. The number of aryl methyl sites for hydroxylation is 1. The van der Waals surface area contributed by atoms with Crippen LogP contribution in [0.5, 0.6) is 5.75 Å². The van der Waals surface area contributed by atoms with Crippen LogP contribution in [0, 0.1) is 6.92 Å². The van der Waals surface area contributed by atoms with Crippen LogP contribution >= 0.6 is 11.6 Å². The Morgan fingerprint density at radius 3 is 2.38 bits per heavy atom. The number of imidazole rings is 1. The summed E-state index contributed by atoms with van der Waals surface area (Å²) in [4.78, 5) is 28.9. The Kier molecular flexibility index (Phi) is 8.02. The zero-order chi connectivity index (χ0) is 28.5. The van der Waals surface area contributed by atoms with Gasteiger partial charge in [0.1, 0.15) is 11.6 Å². The maximum Gasteiger partial charge on any atom is 0.344 e. The molecule has 0 aliphatic heterocycles. The number of hydrogen-bond acceptors (Lipinski definition) is 4. The molecular weight excluding hydrogens is 514 g/mol. The van der Waals surface area contributed by atoms with E-state index in [-0.39, 0.29) is 17.4 Å². The molecule has 0 saturated heterocycles. The van der Waals surface area contributed by atoms with Crippen LogP contribution in [-0.2, 0) is 16.8 Å².